The van der Waals surface area contributed by atoms with Crippen LogP contribution in [0.15, 0.2) is 114 Å². The van der Waals surface area contributed by atoms with Gasteiger partial charge in [0, 0.05) is 17.5 Å². The number of para-hydroxylation sites is 1. The second-order valence-corrected chi connectivity index (χ2v) is 7.12. The van der Waals surface area contributed by atoms with E-state index in [2.05, 4.69) is 97.9 Å². The van der Waals surface area contributed by atoms with Gasteiger partial charge in [-0.15, -0.1) is 5.73 Å². The van der Waals surface area contributed by atoms with Crippen molar-refractivity contribution in [3.8, 4) is 0 Å². The summed E-state index contributed by atoms with van der Waals surface area (Å²) >= 11 is 0. The van der Waals surface area contributed by atoms with Gasteiger partial charge in [0.05, 0.1) is 5.70 Å². The standard InChI is InChI=1S/C27H29N/c1-4-5-8-16-24-17-12-13-20-26(24)23(3)28(25-18-9-6-7-10-19-25)27-21-14-11-15-22(27)2/h5-9,11-15,18-21,24H,3-4,16-17H2,1-2H3. The SMILES string of the molecule is C=C(C1=CC=CCC1CC=CCC)N(C1=CC=CC=C=C1)c1ccccc1C. The highest BCUT2D eigenvalue weighted by atomic mass is 15.2. The molecule has 0 bridgehead atoms. The largest absolute Gasteiger partial charge is 0.310 e. The summed E-state index contributed by atoms with van der Waals surface area (Å²) in [5, 5.41) is 0. The lowest BCUT2D eigenvalue weighted by atomic mass is 9.86. The van der Waals surface area contributed by atoms with Gasteiger partial charge >= 0.3 is 0 Å². The summed E-state index contributed by atoms with van der Waals surface area (Å²) in [4.78, 5) is 2.27. The zero-order chi connectivity index (χ0) is 19.8. The fraction of sp³-hybridized carbons (Fsp3) is 0.222. The molecule has 1 unspecified atom stereocenters. The first-order valence-electron chi connectivity index (χ1n) is 10.1. The van der Waals surface area contributed by atoms with Crippen molar-refractivity contribution < 1.29 is 0 Å². The molecule has 0 spiro atoms. The van der Waals surface area contributed by atoms with Crippen molar-refractivity contribution in [2.24, 2.45) is 5.92 Å². The molecule has 1 heteroatoms. The summed E-state index contributed by atoms with van der Waals surface area (Å²) < 4.78 is 0. The number of rotatable bonds is 7. The lowest BCUT2D eigenvalue weighted by Crippen LogP contribution is -2.25. The van der Waals surface area contributed by atoms with Crippen molar-refractivity contribution in [1.29, 1.82) is 0 Å². The van der Waals surface area contributed by atoms with Crippen LogP contribution in [-0.2, 0) is 0 Å². The van der Waals surface area contributed by atoms with E-state index in [-0.39, 0.29) is 0 Å². The molecule has 0 aromatic heterocycles. The minimum absolute atomic E-state index is 0.452. The number of allylic oxidation sites excluding steroid dienone is 10. The van der Waals surface area contributed by atoms with Crippen molar-refractivity contribution in [1.82, 2.24) is 0 Å². The van der Waals surface area contributed by atoms with Crippen molar-refractivity contribution in [3.05, 3.63) is 120 Å². The normalized spacial score (nSPS) is 18.1. The molecule has 1 aromatic rings. The first-order valence-corrected chi connectivity index (χ1v) is 10.1. The Balaban J connectivity index is 2.02. The van der Waals surface area contributed by atoms with Crippen LogP contribution >= 0.6 is 0 Å². The third-order valence-electron chi connectivity index (χ3n) is 5.11. The first-order chi connectivity index (χ1) is 13.7. The lowest BCUT2D eigenvalue weighted by Gasteiger charge is -2.33. The molecule has 0 fully saturated rings. The molecular weight excluding hydrogens is 338 g/mol. The van der Waals surface area contributed by atoms with Gasteiger partial charge < -0.3 is 4.90 Å². The maximum absolute atomic E-state index is 4.56. The highest BCUT2D eigenvalue weighted by molar-refractivity contribution is 5.68. The fourth-order valence-electron chi connectivity index (χ4n) is 3.63. The molecule has 0 saturated heterocycles. The monoisotopic (exact) mass is 367 g/mol. The molecule has 0 N–H and O–H groups in total. The highest BCUT2D eigenvalue weighted by Crippen LogP contribution is 2.36. The van der Waals surface area contributed by atoms with Crippen molar-refractivity contribution in [3.63, 3.8) is 0 Å². The summed E-state index contributed by atoms with van der Waals surface area (Å²) in [5.41, 5.74) is 9.04. The summed E-state index contributed by atoms with van der Waals surface area (Å²) in [5.74, 6) is 0.452. The highest BCUT2D eigenvalue weighted by Gasteiger charge is 2.24. The van der Waals surface area contributed by atoms with Gasteiger partial charge in [-0.2, -0.15) is 0 Å². The Kier molecular flexibility index (Phi) is 6.89. The van der Waals surface area contributed by atoms with Gasteiger partial charge in [0.25, 0.3) is 0 Å². The maximum atomic E-state index is 4.56. The van der Waals surface area contributed by atoms with Crippen LogP contribution in [0.4, 0.5) is 5.69 Å². The van der Waals surface area contributed by atoms with Gasteiger partial charge in [-0.25, -0.2) is 0 Å². The minimum atomic E-state index is 0.452. The molecule has 2 aliphatic rings. The second kappa shape index (κ2) is 9.78. The van der Waals surface area contributed by atoms with Crippen LogP contribution in [0.3, 0.4) is 0 Å². The third kappa shape index (κ3) is 4.63. The Morgan fingerprint density at radius 1 is 1.18 bits per heavy atom. The fourth-order valence-corrected chi connectivity index (χ4v) is 3.63. The van der Waals surface area contributed by atoms with Crippen LogP contribution < -0.4 is 4.90 Å². The lowest BCUT2D eigenvalue weighted by molar-refractivity contribution is 0.629. The molecule has 1 nitrogen and oxygen atoms in total. The quantitative estimate of drug-likeness (QED) is 0.360. The van der Waals surface area contributed by atoms with Gasteiger partial charge in [-0.1, -0.05) is 74.2 Å². The van der Waals surface area contributed by atoms with E-state index in [1.165, 1.54) is 11.1 Å². The van der Waals surface area contributed by atoms with Crippen LogP contribution in [0.25, 0.3) is 0 Å². The summed E-state index contributed by atoms with van der Waals surface area (Å²) in [7, 11) is 0. The topological polar surface area (TPSA) is 3.24 Å². The van der Waals surface area contributed by atoms with Crippen LogP contribution in [0, 0.1) is 12.8 Å². The van der Waals surface area contributed by atoms with E-state index in [4.69, 9.17) is 0 Å². The van der Waals surface area contributed by atoms with Crippen LogP contribution in [0.1, 0.15) is 31.7 Å². The Hall–Kier alpha value is -3.02. The molecule has 0 amide bonds. The van der Waals surface area contributed by atoms with Gasteiger partial charge in [-0.3, -0.25) is 0 Å². The summed E-state index contributed by atoms with van der Waals surface area (Å²) in [6, 6.07) is 8.49. The molecule has 142 valence electrons. The molecule has 28 heavy (non-hydrogen) atoms. The Morgan fingerprint density at radius 2 is 2.04 bits per heavy atom. The Labute approximate surface area is 169 Å². The zero-order valence-electron chi connectivity index (χ0n) is 16.9. The van der Waals surface area contributed by atoms with Crippen LogP contribution in [0.2, 0.25) is 0 Å². The van der Waals surface area contributed by atoms with Gasteiger partial charge in [-0.05, 0) is 61.5 Å². The smallest absolute Gasteiger partial charge is 0.0538 e. The Bertz CT molecular complexity index is 927. The summed E-state index contributed by atoms with van der Waals surface area (Å²) in [6.07, 6.45) is 24.5. The molecular formula is C27H29N. The summed E-state index contributed by atoms with van der Waals surface area (Å²) in [6.45, 7) is 8.89. The molecule has 2 aliphatic carbocycles. The average molecular weight is 368 g/mol. The van der Waals surface area contributed by atoms with E-state index >= 15 is 0 Å². The van der Waals surface area contributed by atoms with Crippen molar-refractivity contribution in [2.75, 3.05) is 4.90 Å². The van der Waals surface area contributed by atoms with Gasteiger partial charge in [0.1, 0.15) is 0 Å². The second-order valence-electron chi connectivity index (χ2n) is 7.12. The molecule has 1 atom stereocenters. The number of hydrogen-bond donors (Lipinski definition) is 0. The van der Waals surface area contributed by atoms with E-state index in [0.29, 0.717) is 5.92 Å². The van der Waals surface area contributed by atoms with E-state index in [9.17, 15) is 0 Å². The van der Waals surface area contributed by atoms with Crippen LogP contribution in [-0.4, -0.2) is 0 Å². The Morgan fingerprint density at radius 3 is 2.86 bits per heavy atom. The molecule has 0 aliphatic heterocycles. The van der Waals surface area contributed by atoms with Gasteiger partial charge in [0.15, 0.2) is 0 Å². The van der Waals surface area contributed by atoms with E-state index in [1.807, 2.05) is 18.2 Å². The van der Waals surface area contributed by atoms with E-state index in [0.717, 1.165) is 36.3 Å². The minimum Gasteiger partial charge on any atom is -0.310 e. The van der Waals surface area contributed by atoms with Crippen LogP contribution in [0.5, 0.6) is 0 Å². The van der Waals surface area contributed by atoms with Gasteiger partial charge in [0.2, 0.25) is 0 Å². The van der Waals surface area contributed by atoms with Crippen molar-refractivity contribution in [2.45, 2.75) is 33.1 Å². The first kappa shape index (κ1) is 19.7. The maximum Gasteiger partial charge on any atom is 0.0538 e. The third-order valence-corrected chi connectivity index (χ3v) is 5.11. The number of anilines is 1. The predicted molar refractivity (Wildman–Crippen MR) is 122 cm³/mol. The predicted octanol–water partition coefficient (Wildman–Crippen LogP) is 7.34. The number of aryl methyl sites for hydroxylation is 1. The molecule has 0 radical (unpaired) electrons. The molecule has 1 aromatic carbocycles. The van der Waals surface area contributed by atoms with Crippen molar-refractivity contribution >= 4 is 5.69 Å². The number of nitrogens with zero attached hydrogens (tertiary/aromatic N) is 1. The number of benzene rings is 1. The molecule has 3 rings (SSSR count). The average Bonchev–Trinajstić information content (AvgIpc) is 2.99. The molecule has 0 saturated carbocycles. The number of hydrogen-bond acceptors (Lipinski definition) is 1. The van der Waals surface area contributed by atoms with E-state index < -0.39 is 0 Å². The zero-order valence-corrected chi connectivity index (χ0v) is 16.9. The molecule has 0 heterocycles. The van der Waals surface area contributed by atoms with E-state index in [1.54, 1.807) is 0 Å².